The van der Waals surface area contributed by atoms with Crippen molar-refractivity contribution in [3.8, 4) is 5.75 Å². The number of aliphatic hydroxyl groups excluding tert-OH is 1. The molecule has 1 radical (unpaired) electrons. The van der Waals surface area contributed by atoms with Crippen LogP contribution in [-0.4, -0.2) is 5.11 Å². The summed E-state index contributed by atoms with van der Waals surface area (Å²) >= 11 is 0. The zero-order valence-electron chi connectivity index (χ0n) is 11.7. The van der Waals surface area contributed by atoms with Crippen molar-refractivity contribution < 1.29 is 10.2 Å². The molecule has 95 valence electrons. The van der Waals surface area contributed by atoms with Crippen molar-refractivity contribution in [2.24, 2.45) is 0 Å². The Hall–Kier alpha value is -1.02. The van der Waals surface area contributed by atoms with Gasteiger partial charge in [0, 0.05) is 11.1 Å². The van der Waals surface area contributed by atoms with Crippen molar-refractivity contribution in [1.82, 2.24) is 0 Å². The lowest BCUT2D eigenvalue weighted by molar-refractivity contribution is 0.263. The van der Waals surface area contributed by atoms with Crippen molar-refractivity contribution in [2.75, 3.05) is 0 Å². The van der Waals surface area contributed by atoms with E-state index < -0.39 is 0 Å². The first-order valence-corrected chi connectivity index (χ1v) is 6.03. The largest absolute Gasteiger partial charge is 0.392 e. The van der Waals surface area contributed by atoms with Gasteiger partial charge in [-0.15, -0.1) is 0 Å². The first-order valence-electron chi connectivity index (χ1n) is 6.03. The Morgan fingerprint density at radius 1 is 1.00 bits per heavy atom. The van der Waals surface area contributed by atoms with Crippen molar-refractivity contribution in [2.45, 2.75) is 59.0 Å². The maximum Gasteiger partial charge on any atom is 0.187 e. The molecular formula is C15H23O2. The van der Waals surface area contributed by atoms with Gasteiger partial charge in [0.1, 0.15) is 0 Å². The molecule has 0 fully saturated rings. The highest BCUT2D eigenvalue weighted by molar-refractivity contribution is 5.48. The molecule has 0 spiro atoms. The second-order valence-electron chi connectivity index (χ2n) is 6.67. The lowest BCUT2D eigenvalue weighted by Crippen LogP contribution is -2.17. The third-order valence-corrected chi connectivity index (χ3v) is 3.01. The SMILES string of the molecule is CC(C)(C)c1cc(CO)c([O])c(C(C)(C)C)c1. The molecule has 2 heteroatoms. The Balaban J connectivity index is 3.50. The molecule has 0 atom stereocenters. The van der Waals surface area contributed by atoms with Gasteiger partial charge in [-0.3, -0.25) is 5.11 Å². The molecule has 0 heterocycles. The standard InChI is InChI=1S/C15H23O2/c1-14(2,3)11-7-10(9-16)13(17)12(8-11)15(4,5)6/h7-8,16H,9H2,1-6H3. The van der Waals surface area contributed by atoms with E-state index in [9.17, 15) is 10.2 Å². The van der Waals surface area contributed by atoms with Crippen LogP contribution >= 0.6 is 0 Å². The fraction of sp³-hybridized carbons (Fsp3) is 0.600. The predicted molar refractivity (Wildman–Crippen MR) is 69.9 cm³/mol. The Morgan fingerprint density at radius 2 is 1.53 bits per heavy atom. The molecule has 1 aromatic rings. The Bertz CT molecular complexity index is 406. The van der Waals surface area contributed by atoms with E-state index >= 15 is 0 Å². The summed E-state index contributed by atoms with van der Waals surface area (Å²) in [6.45, 7) is 12.2. The van der Waals surface area contributed by atoms with E-state index in [0.717, 1.165) is 11.1 Å². The van der Waals surface area contributed by atoms with E-state index in [4.69, 9.17) is 0 Å². The molecule has 1 rings (SSSR count). The van der Waals surface area contributed by atoms with Crippen LogP contribution in [0.5, 0.6) is 5.75 Å². The van der Waals surface area contributed by atoms with Crippen molar-refractivity contribution >= 4 is 0 Å². The molecular weight excluding hydrogens is 212 g/mol. The second kappa shape index (κ2) is 4.34. The summed E-state index contributed by atoms with van der Waals surface area (Å²) in [5.41, 5.74) is 2.18. The summed E-state index contributed by atoms with van der Waals surface area (Å²) < 4.78 is 0. The maximum absolute atomic E-state index is 12.2. The van der Waals surface area contributed by atoms with Crippen molar-refractivity contribution in [1.29, 1.82) is 0 Å². The van der Waals surface area contributed by atoms with Gasteiger partial charge >= 0.3 is 0 Å². The van der Waals surface area contributed by atoms with Gasteiger partial charge in [-0.25, -0.2) is 0 Å². The van der Waals surface area contributed by atoms with E-state index in [1.54, 1.807) is 0 Å². The van der Waals surface area contributed by atoms with Gasteiger partial charge in [0.05, 0.1) is 6.61 Å². The first-order chi connectivity index (χ1) is 7.57. The van der Waals surface area contributed by atoms with Gasteiger partial charge in [-0.2, -0.15) is 0 Å². The fourth-order valence-corrected chi connectivity index (χ4v) is 1.80. The summed E-state index contributed by atoms with van der Waals surface area (Å²) in [7, 11) is 0. The Labute approximate surface area is 104 Å². The molecule has 0 bridgehead atoms. The number of aliphatic hydroxyl groups is 1. The van der Waals surface area contributed by atoms with Crippen LogP contribution < -0.4 is 0 Å². The second-order valence-corrected chi connectivity index (χ2v) is 6.67. The van der Waals surface area contributed by atoms with E-state index in [1.807, 2.05) is 32.9 Å². The topological polar surface area (TPSA) is 40.1 Å². The number of rotatable bonds is 1. The first kappa shape index (κ1) is 14.0. The third-order valence-electron chi connectivity index (χ3n) is 3.01. The minimum Gasteiger partial charge on any atom is -0.392 e. The van der Waals surface area contributed by atoms with Crippen LogP contribution in [-0.2, 0) is 22.5 Å². The lowest BCUT2D eigenvalue weighted by atomic mass is 9.79. The summed E-state index contributed by atoms with van der Waals surface area (Å²) in [5.74, 6) is -0.0204. The summed E-state index contributed by atoms with van der Waals surface area (Å²) in [6, 6.07) is 3.82. The van der Waals surface area contributed by atoms with Crippen LogP contribution in [0.25, 0.3) is 0 Å². The van der Waals surface area contributed by atoms with Gasteiger partial charge < -0.3 is 5.11 Å². The molecule has 0 saturated heterocycles. The minimum absolute atomic E-state index is 0.0162. The van der Waals surface area contributed by atoms with E-state index in [0.29, 0.717) is 5.56 Å². The van der Waals surface area contributed by atoms with Crippen molar-refractivity contribution in [3.63, 3.8) is 0 Å². The molecule has 1 aromatic carbocycles. The third kappa shape index (κ3) is 3.01. The molecule has 2 nitrogen and oxygen atoms in total. The molecule has 0 aromatic heterocycles. The summed E-state index contributed by atoms with van der Waals surface area (Å²) in [6.07, 6.45) is 0. The average Bonchev–Trinajstić information content (AvgIpc) is 2.14. The smallest absolute Gasteiger partial charge is 0.187 e. The highest BCUT2D eigenvalue weighted by atomic mass is 16.3. The van der Waals surface area contributed by atoms with Crippen LogP contribution in [0.15, 0.2) is 12.1 Å². The fourth-order valence-electron chi connectivity index (χ4n) is 1.80. The predicted octanol–water partition coefficient (Wildman–Crippen LogP) is 3.92. The monoisotopic (exact) mass is 235 g/mol. The summed E-state index contributed by atoms with van der Waals surface area (Å²) in [5, 5.41) is 21.5. The highest BCUT2D eigenvalue weighted by Crippen LogP contribution is 2.37. The van der Waals surface area contributed by atoms with Crippen LogP contribution in [0, 0.1) is 0 Å². The highest BCUT2D eigenvalue weighted by Gasteiger charge is 2.25. The van der Waals surface area contributed by atoms with E-state index in [1.165, 1.54) is 0 Å². The Morgan fingerprint density at radius 3 is 1.88 bits per heavy atom. The van der Waals surface area contributed by atoms with Gasteiger partial charge in [-0.05, 0) is 22.5 Å². The minimum atomic E-state index is -0.192. The quantitative estimate of drug-likeness (QED) is 0.787. The molecule has 17 heavy (non-hydrogen) atoms. The normalized spacial score (nSPS) is 12.9. The van der Waals surface area contributed by atoms with Crippen LogP contribution in [0.4, 0.5) is 0 Å². The number of hydrogen-bond acceptors (Lipinski definition) is 1. The van der Waals surface area contributed by atoms with E-state index in [-0.39, 0.29) is 23.2 Å². The zero-order chi connectivity index (χ0) is 13.4. The molecule has 0 saturated carbocycles. The zero-order valence-corrected chi connectivity index (χ0v) is 11.7. The lowest BCUT2D eigenvalue weighted by Gasteiger charge is -2.26. The number of benzene rings is 1. The Kier molecular flexibility index (Phi) is 3.58. The maximum atomic E-state index is 12.2. The summed E-state index contributed by atoms with van der Waals surface area (Å²) in [4.78, 5) is 0. The average molecular weight is 235 g/mol. The van der Waals surface area contributed by atoms with Gasteiger partial charge in [0.2, 0.25) is 0 Å². The van der Waals surface area contributed by atoms with E-state index in [2.05, 4.69) is 20.8 Å². The van der Waals surface area contributed by atoms with Crippen molar-refractivity contribution in [3.05, 3.63) is 28.8 Å². The van der Waals surface area contributed by atoms with Crippen LogP contribution in [0.3, 0.4) is 0 Å². The van der Waals surface area contributed by atoms with Crippen LogP contribution in [0.2, 0.25) is 0 Å². The molecule has 1 N–H and O–H groups in total. The molecule has 0 aliphatic carbocycles. The van der Waals surface area contributed by atoms with Crippen LogP contribution in [0.1, 0.15) is 58.2 Å². The molecule has 0 aliphatic rings. The van der Waals surface area contributed by atoms with Gasteiger partial charge in [-0.1, -0.05) is 47.6 Å². The number of hydrogen-bond donors (Lipinski definition) is 1. The molecule has 0 aliphatic heterocycles. The molecule has 0 amide bonds. The molecule has 0 unspecified atom stereocenters. The van der Waals surface area contributed by atoms with Gasteiger partial charge in [0.25, 0.3) is 0 Å². The van der Waals surface area contributed by atoms with Gasteiger partial charge in [0.15, 0.2) is 5.75 Å².